The van der Waals surface area contributed by atoms with Crippen molar-refractivity contribution in [3.63, 3.8) is 0 Å². The van der Waals surface area contributed by atoms with Crippen LogP contribution < -0.4 is 10.6 Å². The highest BCUT2D eigenvalue weighted by Gasteiger charge is 2.31. The third-order valence-corrected chi connectivity index (χ3v) is 5.72. The van der Waals surface area contributed by atoms with E-state index in [1.54, 1.807) is 12.4 Å². The smallest absolute Gasteiger partial charge is 0.152 e. The summed E-state index contributed by atoms with van der Waals surface area (Å²) in [5.74, 6) is 0.497. The van der Waals surface area contributed by atoms with Crippen molar-refractivity contribution in [2.45, 2.75) is 12.5 Å². The highest BCUT2D eigenvalue weighted by molar-refractivity contribution is 7.91. The number of sulfone groups is 1. The van der Waals surface area contributed by atoms with E-state index in [-0.39, 0.29) is 17.5 Å². The quantitative estimate of drug-likeness (QED) is 0.847. The number of hydrogen-bond acceptors (Lipinski definition) is 5. The Morgan fingerprint density at radius 3 is 2.80 bits per heavy atom. The number of fused-ring (bicyclic) bond motifs is 1. The molecule has 0 amide bonds. The highest BCUT2D eigenvalue weighted by atomic mass is 32.2. The van der Waals surface area contributed by atoms with Gasteiger partial charge in [-0.3, -0.25) is 4.98 Å². The molecule has 0 saturated carbocycles. The van der Waals surface area contributed by atoms with Gasteiger partial charge in [0.15, 0.2) is 9.84 Å². The number of aromatic nitrogens is 1. The van der Waals surface area contributed by atoms with Gasteiger partial charge in [0.2, 0.25) is 0 Å². The first-order chi connectivity index (χ1) is 9.48. The first kappa shape index (κ1) is 13.2. The maximum atomic E-state index is 11.6. The van der Waals surface area contributed by atoms with Crippen LogP contribution in [0.2, 0.25) is 0 Å². The second kappa shape index (κ2) is 4.63. The van der Waals surface area contributed by atoms with Crippen molar-refractivity contribution in [3.8, 4) is 0 Å². The van der Waals surface area contributed by atoms with Crippen LogP contribution in [0.15, 0.2) is 30.6 Å². The molecule has 20 heavy (non-hydrogen) atoms. The standard InChI is InChI=1S/C14H17N3O2S/c1-17(10-5-7-20(18,19)9-10)14-3-2-13(15)12-8-16-6-4-11(12)14/h2-4,6,8,10H,5,7,9,15H2,1H3. The predicted octanol–water partition coefficient (Wildman–Crippen LogP) is 1.44. The normalized spacial score (nSPS) is 21.1. The van der Waals surface area contributed by atoms with Gasteiger partial charge in [0.1, 0.15) is 0 Å². The fourth-order valence-electron chi connectivity index (χ4n) is 2.78. The molecule has 6 heteroatoms. The zero-order chi connectivity index (χ0) is 14.3. The Morgan fingerprint density at radius 2 is 2.10 bits per heavy atom. The minimum atomic E-state index is -2.89. The lowest BCUT2D eigenvalue weighted by molar-refractivity contribution is 0.601. The SMILES string of the molecule is CN(c1ccc(N)c2cnccc12)C1CCS(=O)(=O)C1. The Hall–Kier alpha value is -1.82. The van der Waals surface area contributed by atoms with Crippen LogP contribution >= 0.6 is 0 Å². The third-order valence-electron chi connectivity index (χ3n) is 3.96. The van der Waals surface area contributed by atoms with Crippen molar-refractivity contribution in [2.24, 2.45) is 0 Å². The first-order valence-electron chi connectivity index (χ1n) is 6.53. The van der Waals surface area contributed by atoms with E-state index in [0.29, 0.717) is 12.1 Å². The number of nitrogens with zero attached hydrogens (tertiary/aromatic N) is 2. The summed E-state index contributed by atoms with van der Waals surface area (Å²) >= 11 is 0. The highest BCUT2D eigenvalue weighted by Crippen LogP contribution is 2.32. The van der Waals surface area contributed by atoms with Crippen LogP contribution in [0.4, 0.5) is 11.4 Å². The molecule has 1 aliphatic rings. The summed E-state index contributed by atoms with van der Waals surface area (Å²) in [6.07, 6.45) is 4.15. The fourth-order valence-corrected chi connectivity index (χ4v) is 4.56. The number of benzene rings is 1. The van der Waals surface area contributed by atoms with Gasteiger partial charge in [0.05, 0.1) is 11.5 Å². The molecule has 1 atom stereocenters. The van der Waals surface area contributed by atoms with Crippen molar-refractivity contribution in [2.75, 3.05) is 29.2 Å². The van der Waals surface area contributed by atoms with Crippen molar-refractivity contribution in [3.05, 3.63) is 30.6 Å². The topological polar surface area (TPSA) is 76.3 Å². The van der Waals surface area contributed by atoms with E-state index >= 15 is 0 Å². The van der Waals surface area contributed by atoms with Crippen LogP contribution in [0.1, 0.15) is 6.42 Å². The molecule has 2 aromatic rings. The Balaban J connectivity index is 2.04. The van der Waals surface area contributed by atoms with Crippen LogP contribution in [0.25, 0.3) is 10.8 Å². The number of nitrogens with two attached hydrogens (primary N) is 1. The van der Waals surface area contributed by atoms with Crippen molar-refractivity contribution in [1.82, 2.24) is 4.98 Å². The van der Waals surface area contributed by atoms with Gasteiger partial charge in [0.25, 0.3) is 0 Å². The first-order valence-corrected chi connectivity index (χ1v) is 8.35. The molecule has 0 radical (unpaired) electrons. The molecule has 2 heterocycles. The van der Waals surface area contributed by atoms with Gasteiger partial charge >= 0.3 is 0 Å². The van der Waals surface area contributed by atoms with Gasteiger partial charge in [-0.1, -0.05) is 0 Å². The molecule has 0 bridgehead atoms. The predicted molar refractivity (Wildman–Crippen MR) is 81.6 cm³/mol. The fraction of sp³-hybridized carbons (Fsp3) is 0.357. The lowest BCUT2D eigenvalue weighted by atomic mass is 10.1. The van der Waals surface area contributed by atoms with Crippen LogP contribution in [0, 0.1) is 0 Å². The average Bonchev–Trinajstić information content (AvgIpc) is 2.79. The summed E-state index contributed by atoms with van der Waals surface area (Å²) in [7, 11) is -0.947. The third kappa shape index (κ3) is 2.20. The Morgan fingerprint density at radius 1 is 1.30 bits per heavy atom. The summed E-state index contributed by atoms with van der Waals surface area (Å²) in [5, 5.41) is 1.91. The van der Waals surface area contributed by atoms with Gasteiger partial charge in [-0.15, -0.1) is 0 Å². The molecule has 1 unspecified atom stereocenters. The van der Waals surface area contributed by atoms with E-state index in [4.69, 9.17) is 5.73 Å². The maximum absolute atomic E-state index is 11.6. The molecule has 1 fully saturated rings. The molecular weight excluding hydrogens is 274 g/mol. The monoisotopic (exact) mass is 291 g/mol. The summed E-state index contributed by atoms with van der Waals surface area (Å²) in [6.45, 7) is 0. The van der Waals surface area contributed by atoms with Gasteiger partial charge in [-0.2, -0.15) is 0 Å². The molecule has 1 aliphatic heterocycles. The molecule has 1 saturated heterocycles. The second-order valence-corrected chi connectivity index (χ2v) is 7.49. The van der Waals surface area contributed by atoms with Crippen molar-refractivity contribution >= 4 is 32.0 Å². The van der Waals surface area contributed by atoms with Crippen LogP contribution in [-0.2, 0) is 9.84 Å². The number of anilines is 2. The Bertz CT molecular complexity index is 758. The molecule has 3 rings (SSSR count). The zero-order valence-electron chi connectivity index (χ0n) is 11.3. The summed E-state index contributed by atoms with van der Waals surface area (Å²) < 4.78 is 23.3. The van der Waals surface area contributed by atoms with E-state index in [9.17, 15) is 8.42 Å². The van der Waals surface area contributed by atoms with E-state index in [1.807, 2.05) is 30.1 Å². The molecule has 0 spiro atoms. The Labute approximate surface area is 118 Å². The van der Waals surface area contributed by atoms with E-state index in [2.05, 4.69) is 4.98 Å². The molecule has 2 N–H and O–H groups in total. The zero-order valence-corrected chi connectivity index (χ0v) is 12.1. The molecule has 1 aromatic carbocycles. The Kier molecular flexibility index (Phi) is 3.05. The number of pyridine rings is 1. The minimum absolute atomic E-state index is 0.0278. The number of hydrogen-bond donors (Lipinski definition) is 1. The van der Waals surface area contributed by atoms with Crippen LogP contribution in [0.5, 0.6) is 0 Å². The largest absolute Gasteiger partial charge is 0.398 e. The van der Waals surface area contributed by atoms with E-state index in [0.717, 1.165) is 16.5 Å². The van der Waals surface area contributed by atoms with Crippen LogP contribution in [-0.4, -0.2) is 38.0 Å². The van der Waals surface area contributed by atoms with Crippen molar-refractivity contribution in [1.29, 1.82) is 0 Å². The minimum Gasteiger partial charge on any atom is -0.398 e. The van der Waals surface area contributed by atoms with Crippen LogP contribution in [0.3, 0.4) is 0 Å². The lowest BCUT2D eigenvalue weighted by Gasteiger charge is -2.27. The number of nitrogen functional groups attached to an aromatic ring is 1. The molecule has 106 valence electrons. The van der Waals surface area contributed by atoms with Gasteiger partial charge in [-0.05, 0) is 24.6 Å². The summed E-state index contributed by atoms with van der Waals surface area (Å²) in [4.78, 5) is 6.15. The van der Waals surface area contributed by atoms with E-state index in [1.165, 1.54) is 0 Å². The van der Waals surface area contributed by atoms with Crippen molar-refractivity contribution < 1.29 is 8.42 Å². The summed E-state index contributed by atoms with van der Waals surface area (Å²) in [5.41, 5.74) is 7.65. The van der Waals surface area contributed by atoms with Gasteiger partial charge in [-0.25, -0.2) is 8.42 Å². The van der Waals surface area contributed by atoms with E-state index < -0.39 is 9.84 Å². The molecule has 0 aliphatic carbocycles. The maximum Gasteiger partial charge on any atom is 0.152 e. The molecule has 5 nitrogen and oxygen atoms in total. The molecular formula is C14H17N3O2S. The second-order valence-electron chi connectivity index (χ2n) is 5.26. The molecule has 1 aromatic heterocycles. The number of rotatable bonds is 2. The average molecular weight is 291 g/mol. The summed E-state index contributed by atoms with van der Waals surface area (Å²) in [6, 6.07) is 5.74. The van der Waals surface area contributed by atoms with Gasteiger partial charge < -0.3 is 10.6 Å². The van der Waals surface area contributed by atoms with Gasteiger partial charge in [0, 0.05) is 47.6 Å². The lowest BCUT2D eigenvalue weighted by Crippen LogP contribution is -2.32.